The van der Waals surface area contributed by atoms with Crippen molar-refractivity contribution in [1.29, 1.82) is 0 Å². The van der Waals surface area contributed by atoms with Crippen LogP contribution in [0.4, 0.5) is 0 Å². The Morgan fingerprint density at radius 2 is 2.25 bits per heavy atom. The molecular weight excluding hydrogens is 248 g/mol. The predicted octanol–water partition coefficient (Wildman–Crippen LogP) is 2.52. The molecule has 2 aliphatic rings. The third kappa shape index (κ3) is 2.59. The van der Waals surface area contributed by atoms with Crippen molar-refractivity contribution in [3.63, 3.8) is 0 Å². The summed E-state index contributed by atoms with van der Waals surface area (Å²) < 4.78 is 0. The summed E-state index contributed by atoms with van der Waals surface area (Å²) in [6, 6.07) is 8.36. The number of nitrogens with one attached hydrogen (secondary N) is 1. The fraction of sp³-hybridized carbons (Fsp3) is 0.588. The second-order valence-corrected chi connectivity index (χ2v) is 6.08. The molecule has 2 aliphatic heterocycles. The maximum atomic E-state index is 12.9. The van der Waals surface area contributed by atoms with Crippen LogP contribution in [0.2, 0.25) is 0 Å². The van der Waals surface area contributed by atoms with Crippen molar-refractivity contribution in [2.45, 2.75) is 38.6 Å². The number of benzene rings is 1. The highest BCUT2D eigenvalue weighted by Gasteiger charge is 2.31. The molecule has 3 heteroatoms. The van der Waals surface area contributed by atoms with Gasteiger partial charge in [-0.2, -0.15) is 0 Å². The molecule has 3 rings (SSSR count). The van der Waals surface area contributed by atoms with Gasteiger partial charge in [-0.1, -0.05) is 37.6 Å². The highest BCUT2D eigenvalue weighted by atomic mass is 16.2. The van der Waals surface area contributed by atoms with E-state index in [1.165, 1.54) is 24.0 Å². The molecule has 2 heterocycles. The third-order valence-corrected chi connectivity index (χ3v) is 4.80. The van der Waals surface area contributed by atoms with Crippen LogP contribution in [-0.2, 0) is 11.3 Å². The van der Waals surface area contributed by atoms with E-state index in [9.17, 15) is 4.79 Å². The lowest BCUT2D eigenvalue weighted by molar-refractivity contribution is -0.134. The Balaban J connectivity index is 1.78. The molecule has 1 fully saturated rings. The quantitative estimate of drug-likeness (QED) is 0.897. The SMILES string of the molecule is CCC1CCCN(C(=O)C2CNCc3ccccc32)C1. The van der Waals surface area contributed by atoms with E-state index >= 15 is 0 Å². The number of likely N-dealkylation sites (tertiary alicyclic amines) is 1. The van der Waals surface area contributed by atoms with Gasteiger partial charge in [-0.15, -0.1) is 0 Å². The average Bonchev–Trinajstić information content (AvgIpc) is 2.53. The molecule has 0 aliphatic carbocycles. The van der Waals surface area contributed by atoms with Crippen LogP contribution in [0.25, 0.3) is 0 Å². The lowest BCUT2D eigenvalue weighted by atomic mass is 9.88. The van der Waals surface area contributed by atoms with Crippen molar-refractivity contribution in [2.75, 3.05) is 19.6 Å². The van der Waals surface area contributed by atoms with Gasteiger partial charge in [-0.3, -0.25) is 4.79 Å². The molecular formula is C17H24N2O. The summed E-state index contributed by atoms with van der Waals surface area (Å²) in [6.07, 6.45) is 3.62. The molecule has 108 valence electrons. The van der Waals surface area contributed by atoms with Gasteiger partial charge < -0.3 is 10.2 Å². The van der Waals surface area contributed by atoms with Gasteiger partial charge in [-0.05, 0) is 29.9 Å². The number of fused-ring (bicyclic) bond motifs is 1. The molecule has 1 aromatic rings. The van der Waals surface area contributed by atoms with Gasteiger partial charge in [0.15, 0.2) is 0 Å². The van der Waals surface area contributed by atoms with Crippen molar-refractivity contribution in [3.05, 3.63) is 35.4 Å². The minimum Gasteiger partial charge on any atom is -0.342 e. The molecule has 0 aromatic heterocycles. The van der Waals surface area contributed by atoms with Crippen molar-refractivity contribution >= 4 is 5.91 Å². The first-order chi connectivity index (χ1) is 9.79. The fourth-order valence-electron chi connectivity index (χ4n) is 3.54. The maximum Gasteiger partial charge on any atom is 0.231 e. The number of hydrogen-bond acceptors (Lipinski definition) is 2. The summed E-state index contributed by atoms with van der Waals surface area (Å²) in [4.78, 5) is 15.0. The van der Waals surface area contributed by atoms with Crippen molar-refractivity contribution in [3.8, 4) is 0 Å². The van der Waals surface area contributed by atoms with Gasteiger partial charge in [0.25, 0.3) is 0 Å². The second-order valence-electron chi connectivity index (χ2n) is 6.08. The van der Waals surface area contributed by atoms with E-state index in [0.29, 0.717) is 11.8 Å². The topological polar surface area (TPSA) is 32.3 Å². The van der Waals surface area contributed by atoms with Gasteiger partial charge in [0.1, 0.15) is 0 Å². The Hall–Kier alpha value is -1.35. The number of nitrogens with zero attached hydrogens (tertiary/aromatic N) is 1. The van der Waals surface area contributed by atoms with E-state index in [1.54, 1.807) is 0 Å². The first-order valence-corrected chi connectivity index (χ1v) is 7.87. The molecule has 2 atom stereocenters. The molecule has 20 heavy (non-hydrogen) atoms. The first kappa shape index (κ1) is 13.6. The average molecular weight is 272 g/mol. The number of carbonyl (C=O) groups excluding carboxylic acids is 1. The van der Waals surface area contributed by atoms with Crippen molar-refractivity contribution < 1.29 is 4.79 Å². The zero-order valence-corrected chi connectivity index (χ0v) is 12.3. The summed E-state index contributed by atoms with van der Waals surface area (Å²) in [5, 5.41) is 3.39. The summed E-state index contributed by atoms with van der Waals surface area (Å²) >= 11 is 0. The fourth-order valence-corrected chi connectivity index (χ4v) is 3.54. The van der Waals surface area contributed by atoms with Gasteiger partial charge in [0.2, 0.25) is 5.91 Å². The Bertz CT molecular complexity index is 486. The van der Waals surface area contributed by atoms with E-state index in [4.69, 9.17) is 0 Å². The Kier molecular flexibility index (Phi) is 4.06. The zero-order chi connectivity index (χ0) is 13.9. The Labute approximate surface area is 121 Å². The van der Waals surface area contributed by atoms with Crippen LogP contribution >= 0.6 is 0 Å². The number of carbonyl (C=O) groups is 1. The van der Waals surface area contributed by atoms with Crippen LogP contribution in [0.3, 0.4) is 0 Å². The Morgan fingerprint density at radius 1 is 1.40 bits per heavy atom. The third-order valence-electron chi connectivity index (χ3n) is 4.80. The first-order valence-electron chi connectivity index (χ1n) is 7.87. The molecule has 1 amide bonds. The van der Waals surface area contributed by atoms with Crippen LogP contribution in [0, 0.1) is 5.92 Å². The van der Waals surface area contributed by atoms with Crippen LogP contribution in [-0.4, -0.2) is 30.4 Å². The van der Waals surface area contributed by atoms with Gasteiger partial charge >= 0.3 is 0 Å². The summed E-state index contributed by atoms with van der Waals surface area (Å²) in [5.41, 5.74) is 2.51. The molecule has 1 saturated heterocycles. The van der Waals surface area contributed by atoms with Gasteiger partial charge in [0, 0.05) is 26.2 Å². The lowest BCUT2D eigenvalue weighted by Crippen LogP contribution is -2.45. The zero-order valence-electron chi connectivity index (χ0n) is 12.3. The number of rotatable bonds is 2. The number of hydrogen-bond donors (Lipinski definition) is 1. The van der Waals surface area contributed by atoms with Crippen LogP contribution in [0.1, 0.15) is 43.2 Å². The monoisotopic (exact) mass is 272 g/mol. The maximum absolute atomic E-state index is 12.9. The molecule has 2 unspecified atom stereocenters. The van der Waals surface area contributed by atoms with E-state index in [2.05, 4.69) is 41.4 Å². The highest BCUT2D eigenvalue weighted by molar-refractivity contribution is 5.85. The molecule has 1 N–H and O–H groups in total. The minimum atomic E-state index is 0.00977. The largest absolute Gasteiger partial charge is 0.342 e. The number of amides is 1. The smallest absolute Gasteiger partial charge is 0.231 e. The highest BCUT2D eigenvalue weighted by Crippen LogP contribution is 2.28. The molecule has 0 spiro atoms. The van der Waals surface area contributed by atoms with E-state index in [1.807, 2.05) is 0 Å². The standard InChI is InChI=1S/C17H24N2O/c1-2-13-6-5-9-19(12-13)17(20)16-11-18-10-14-7-3-4-8-15(14)16/h3-4,7-8,13,16,18H,2,5-6,9-12H2,1H3. The van der Waals surface area contributed by atoms with Crippen LogP contribution in [0.15, 0.2) is 24.3 Å². The molecule has 0 saturated carbocycles. The summed E-state index contributed by atoms with van der Waals surface area (Å²) in [7, 11) is 0. The van der Waals surface area contributed by atoms with E-state index in [0.717, 1.165) is 32.6 Å². The summed E-state index contributed by atoms with van der Waals surface area (Å²) in [5.74, 6) is 1.03. The number of piperidine rings is 1. The van der Waals surface area contributed by atoms with Crippen LogP contribution < -0.4 is 5.32 Å². The second kappa shape index (κ2) is 5.96. The molecule has 0 bridgehead atoms. The summed E-state index contributed by atoms with van der Waals surface area (Å²) in [6.45, 7) is 5.79. The molecule has 0 radical (unpaired) electrons. The minimum absolute atomic E-state index is 0.00977. The van der Waals surface area contributed by atoms with Crippen LogP contribution in [0.5, 0.6) is 0 Å². The molecule has 3 nitrogen and oxygen atoms in total. The van der Waals surface area contributed by atoms with E-state index < -0.39 is 0 Å². The molecule has 1 aromatic carbocycles. The Morgan fingerprint density at radius 3 is 3.10 bits per heavy atom. The lowest BCUT2D eigenvalue weighted by Gasteiger charge is -2.36. The van der Waals surface area contributed by atoms with Gasteiger partial charge in [0.05, 0.1) is 5.92 Å². The van der Waals surface area contributed by atoms with Gasteiger partial charge in [-0.25, -0.2) is 0 Å². The van der Waals surface area contributed by atoms with Crippen molar-refractivity contribution in [2.24, 2.45) is 5.92 Å². The van der Waals surface area contributed by atoms with E-state index in [-0.39, 0.29) is 5.92 Å². The van der Waals surface area contributed by atoms with Crippen molar-refractivity contribution in [1.82, 2.24) is 10.2 Å². The normalized spacial score (nSPS) is 26.1. The predicted molar refractivity (Wildman–Crippen MR) is 80.5 cm³/mol.